The first-order valence-electron chi connectivity index (χ1n) is 10.2. The molecule has 0 saturated carbocycles. The van der Waals surface area contributed by atoms with Crippen LogP contribution in [0.1, 0.15) is 24.0 Å². The Bertz CT molecular complexity index is 1160. The second-order valence-corrected chi connectivity index (χ2v) is 9.97. The van der Waals surface area contributed by atoms with Crippen LogP contribution in [0.5, 0.6) is 0 Å². The number of carbonyl (C=O) groups excluding carboxylic acids is 1. The Hall–Kier alpha value is -2.64. The summed E-state index contributed by atoms with van der Waals surface area (Å²) in [5.41, 5.74) is 3.24. The van der Waals surface area contributed by atoms with Crippen LogP contribution in [0.15, 0.2) is 59.6 Å². The summed E-state index contributed by atoms with van der Waals surface area (Å²) in [4.78, 5) is 12.8. The normalized spacial score (nSPS) is 16.1. The molecule has 1 aliphatic heterocycles. The van der Waals surface area contributed by atoms with Crippen molar-refractivity contribution in [3.63, 3.8) is 0 Å². The predicted octanol–water partition coefficient (Wildman–Crippen LogP) is 3.20. The van der Waals surface area contributed by atoms with Crippen LogP contribution >= 0.6 is 0 Å². The molecule has 30 heavy (non-hydrogen) atoms. The van der Waals surface area contributed by atoms with E-state index >= 15 is 0 Å². The molecule has 0 bridgehead atoms. The van der Waals surface area contributed by atoms with Gasteiger partial charge in [0.25, 0.3) is 0 Å². The summed E-state index contributed by atoms with van der Waals surface area (Å²) >= 11 is 0. The SMILES string of the molecule is Cc1ccc(CNC(=O)C2CCN(S(=O)(=O)c3ccc4c(ccn4C)c3)CC2)cc1. The number of aromatic nitrogens is 1. The fraction of sp³-hybridized carbons (Fsp3) is 0.348. The van der Waals surface area contributed by atoms with Gasteiger partial charge in [-0.1, -0.05) is 29.8 Å². The van der Waals surface area contributed by atoms with E-state index in [4.69, 9.17) is 0 Å². The van der Waals surface area contributed by atoms with Gasteiger partial charge in [-0.15, -0.1) is 0 Å². The number of fused-ring (bicyclic) bond motifs is 1. The van der Waals surface area contributed by atoms with Gasteiger partial charge in [-0.05, 0) is 49.6 Å². The van der Waals surface area contributed by atoms with Gasteiger partial charge in [0.05, 0.1) is 4.90 Å². The third-order valence-corrected chi connectivity index (χ3v) is 7.80. The maximum absolute atomic E-state index is 13.1. The molecule has 158 valence electrons. The van der Waals surface area contributed by atoms with Crippen LogP contribution in [-0.2, 0) is 28.4 Å². The lowest BCUT2D eigenvalue weighted by molar-refractivity contribution is -0.126. The van der Waals surface area contributed by atoms with E-state index in [-0.39, 0.29) is 11.8 Å². The average Bonchev–Trinajstić information content (AvgIpc) is 3.13. The van der Waals surface area contributed by atoms with E-state index in [1.807, 2.05) is 61.1 Å². The minimum atomic E-state index is -3.56. The van der Waals surface area contributed by atoms with Crippen LogP contribution in [-0.4, -0.2) is 36.3 Å². The van der Waals surface area contributed by atoms with Gasteiger partial charge in [-0.2, -0.15) is 4.31 Å². The maximum atomic E-state index is 13.1. The highest BCUT2D eigenvalue weighted by Crippen LogP contribution is 2.26. The zero-order chi connectivity index (χ0) is 21.3. The van der Waals surface area contributed by atoms with Crippen LogP contribution in [0.3, 0.4) is 0 Å². The number of hydrogen-bond acceptors (Lipinski definition) is 3. The number of nitrogens with zero attached hydrogens (tertiary/aromatic N) is 2. The zero-order valence-corrected chi connectivity index (χ0v) is 18.2. The van der Waals surface area contributed by atoms with E-state index in [2.05, 4.69) is 5.32 Å². The topological polar surface area (TPSA) is 71.4 Å². The molecule has 4 rings (SSSR count). The molecule has 2 heterocycles. The molecule has 0 atom stereocenters. The number of aryl methyl sites for hydroxylation is 2. The molecular weight excluding hydrogens is 398 g/mol. The number of benzene rings is 2. The van der Waals surface area contributed by atoms with Gasteiger partial charge in [-0.3, -0.25) is 4.79 Å². The van der Waals surface area contributed by atoms with Gasteiger partial charge in [-0.25, -0.2) is 8.42 Å². The first-order valence-corrected chi connectivity index (χ1v) is 11.7. The summed E-state index contributed by atoms with van der Waals surface area (Å²) in [5.74, 6) is -0.156. The van der Waals surface area contributed by atoms with Crippen LogP contribution in [0, 0.1) is 12.8 Å². The van der Waals surface area contributed by atoms with Crippen molar-refractivity contribution in [2.75, 3.05) is 13.1 Å². The van der Waals surface area contributed by atoms with Crippen molar-refractivity contribution in [2.24, 2.45) is 13.0 Å². The molecule has 1 aromatic heterocycles. The molecule has 0 radical (unpaired) electrons. The summed E-state index contributed by atoms with van der Waals surface area (Å²) in [5, 5.41) is 3.89. The largest absolute Gasteiger partial charge is 0.352 e. The van der Waals surface area contributed by atoms with Crippen molar-refractivity contribution in [1.29, 1.82) is 0 Å². The average molecular weight is 426 g/mol. The van der Waals surface area contributed by atoms with Crippen LogP contribution in [0.25, 0.3) is 10.9 Å². The lowest BCUT2D eigenvalue weighted by atomic mass is 9.97. The number of nitrogens with one attached hydrogen (secondary N) is 1. The summed E-state index contributed by atoms with van der Waals surface area (Å²) in [6.07, 6.45) is 2.99. The van der Waals surface area contributed by atoms with Gasteiger partial charge in [0.2, 0.25) is 15.9 Å². The molecule has 6 nitrogen and oxygen atoms in total. The number of piperidine rings is 1. The van der Waals surface area contributed by atoms with E-state index in [0.29, 0.717) is 37.4 Å². The van der Waals surface area contributed by atoms with Crippen molar-refractivity contribution in [2.45, 2.75) is 31.2 Å². The van der Waals surface area contributed by atoms with Crippen molar-refractivity contribution in [3.05, 3.63) is 65.9 Å². The van der Waals surface area contributed by atoms with E-state index in [1.165, 1.54) is 9.87 Å². The Labute approximate surface area is 177 Å². The van der Waals surface area contributed by atoms with Crippen LogP contribution in [0.4, 0.5) is 0 Å². The number of rotatable bonds is 5. The van der Waals surface area contributed by atoms with Crippen LogP contribution < -0.4 is 5.32 Å². The fourth-order valence-electron chi connectivity index (χ4n) is 3.97. The lowest BCUT2D eigenvalue weighted by Gasteiger charge is -2.30. The van der Waals surface area contributed by atoms with Crippen molar-refractivity contribution >= 4 is 26.8 Å². The Morgan fingerprint density at radius 2 is 1.77 bits per heavy atom. The Balaban J connectivity index is 1.36. The minimum Gasteiger partial charge on any atom is -0.352 e. The second kappa shape index (κ2) is 8.24. The Kier molecular flexibility index (Phi) is 5.66. The smallest absolute Gasteiger partial charge is 0.243 e. The molecule has 1 fully saturated rings. The molecule has 1 saturated heterocycles. The third-order valence-electron chi connectivity index (χ3n) is 5.91. The van der Waals surface area contributed by atoms with Gasteiger partial charge in [0.15, 0.2) is 0 Å². The number of sulfonamides is 1. The van der Waals surface area contributed by atoms with E-state index in [9.17, 15) is 13.2 Å². The van der Waals surface area contributed by atoms with E-state index in [1.54, 1.807) is 12.1 Å². The molecule has 0 aliphatic carbocycles. The molecule has 0 spiro atoms. The highest BCUT2D eigenvalue weighted by molar-refractivity contribution is 7.89. The zero-order valence-electron chi connectivity index (χ0n) is 17.3. The van der Waals surface area contributed by atoms with Crippen molar-refractivity contribution in [1.82, 2.24) is 14.2 Å². The summed E-state index contributed by atoms with van der Waals surface area (Å²) in [6.45, 7) is 3.24. The summed E-state index contributed by atoms with van der Waals surface area (Å²) in [7, 11) is -1.62. The van der Waals surface area contributed by atoms with Gasteiger partial charge in [0, 0.05) is 49.7 Å². The molecule has 7 heteroatoms. The first kappa shape index (κ1) is 20.6. The maximum Gasteiger partial charge on any atom is 0.243 e. The standard InChI is InChI=1S/C23H27N3O3S/c1-17-3-5-18(6-4-17)16-24-23(27)19-10-13-26(14-11-19)30(28,29)21-7-8-22-20(15-21)9-12-25(22)2/h3-9,12,15,19H,10-11,13-14,16H2,1-2H3,(H,24,27). The molecule has 0 unspecified atom stereocenters. The lowest BCUT2D eigenvalue weighted by Crippen LogP contribution is -2.42. The highest BCUT2D eigenvalue weighted by atomic mass is 32.2. The molecule has 1 aliphatic rings. The Morgan fingerprint density at radius 1 is 1.07 bits per heavy atom. The monoisotopic (exact) mass is 425 g/mol. The molecule has 2 aromatic carbocycles. The molecular formula is C23H27N3O3S. The second-order valence-electron chi connectivity index (χ2n) is 8.03. The molecule has 1 amide bonds. The van der Waals surface area contributed by atoms with Crippen LogP contribution in [0.2, 0.25) is 0 Å². The highest BCUT2D eigenvalue weighted by Gasteiger charge is 2.32. The van der Waals surface area contributed by atoms with Gasteiger partial charge >= 0.3 is 0 Å². The fourth-order valence-corrected chi connectivity index (χ4v) is 5.47. The summed E-state index contributed by atoms with van der Waals surface area (Å²) < 4.78 is 29.6. The van der Waals surface area contributed by atoms with E-state index < -0.39 is 10.0 Å². The Morgan fingerprint density at radius 3 is 2.47 bits per heavy atom. The minimum absolute atomic E-state index is 0.00155. The summed E-state index contributed by atoms with van der Waals surface area (Å²) in [6, 6.07) is 15.2. The molecule has 1 N–H and O–H groups in total. The van der Waals surface area contributed by atoms with Gasteiger partial charge in [0.1, 0.15) is 0 Å². The third kappa shape index (κ3) is 4.13. The number of amides is 1. The van der Waals surface area contributed by atoms with Crippen molar-refractivity contribution < 1.29 is 13.2 Å². The molecule has 3 aromatic rings. The van der Waals surface area contributed by atoms with Gasteiger partial charge < -0.3 is 9.88 Å². The predicted molar refractivity (Wildman–Crippen MR) is 117 cm³/mol. The number of carbonyl (C=O) groups is 1. The number of hydrogen-bond donors (Lipinski definition) is 1. The first-order chi connectivity index (χ1) is 14.3. The quantitative estimate of drug-likeness (QED) is 0.682. The van der Waals surface area contributed by atoms with Crippen molar-refractivity contribution in [3.8, 4) is 0 Å². The van der Waals surface area contributed by atoms with E-state index in [0.717, 1.165) is 16.5 Å².